The monoisotopic (exact) mass is 848 g/mol. The number of aryl methyl sites for hydroxylation is 1. The average molecular weight is 849 g/mol. The molecule has 0 radical (unpaired) electrons. The van der Waals surface area contributed by atoms with Gasteiger partial charge in [0.25, 0.3) is 5.91 Å². The van der Waals surface area contributed by atoms with Gasteiger partial charge >= 0.3 is 12.2 Å². The second-order valence-electron chi connectivity index (χ2n) is 17.1. The molecule has 6 aromatic rings. The number of imidazole rings is 2. The van der Waals surface area contributed by atoms with E-state index in [0.717, 1.165) is 92.9 Å². The summed E-state index contributed by atoms with van der Waals surface area (Å²) >= 11 is 0. The molecule has 9 rings (SSSR count). The van der Waals surface area contributed by atoms with E-state index in [-0.39, 0.29) is 29.8 Å². The summed E-state index contributed by atoms with van der Waals surface area (Å²) in [6, 6.07) is 27.8. The number of hydrogen-bond donors (Lipinski definition) is 4. The lowest BCUT2D eigenvalue weighted by molar-refractivity contribution is -0.140. The topological polar surface area (TPSA) is 175 Å². The zero-order valence-corrected chi connectivity index (χ0v) is 35.9. The van der Waals surface area contributed by atoms with Gasteiger partial charge in [0.1, 0.15) is 23.2 Å². The third-order valence-corrected chi connectivity index (χ3v) is 13.1. The van der Waals surface area contributed by atoms with Crippen LogP contribution in [0.3, 0.4) is 0 Å². The van der Waals surface area contributed by atoms with E-state index in [1.165, 1.54) is 14.2 Å². The number of methoxy groups -OCH3 is 2. The molecule has 2 aliphatic heterocycles. The van der Waals surface area contributed by atoms with Gasteiger partial charge in [0.2, 0.25) is 5.91 Å². The first-order valence-electron chi connectivity index (χ1n) is 21.7. The normalized spacial score (nSPS) is 19.9. The van der Waals surface area contributed by atoms with E-state index in [9.17, 15) is 19.2 Å². The molecule has 1 unspecified atom stereocenters. The van der Waals surface area contributed by atoms with E-state index in [0.29, 0.717) is 25.9 Å². The van der Waals surface area contributed by atoms with Crippen molar-refractivity contribution in [3.05, 3.63) is 120 Å². The van der Waals surface area contributed by atoms with Crippen LogP contribution in [0.5, 0.6) is 0 Å². The predicted molar refractivity (Wildman–Crippen MR) is 238 cm³/mol. The number of nitrogens with zero attached hydrogens (tertiary/aromatic N) is 4. The maximum absolute atomic E-state index is 14.5. The number of fused-ring (bicyclic) bond motifs is 2. The van der Waals surface area contributed by atoms with Gasteiger partial charge < -0.3 is 39.9 Å². The fourth-order valence-corrected chi connectivity index (χ4v) is 9.71. The van der Waals surface area contributed by atoms with Crippen LogP contribution < -0.4 is 10.6 Å². The number of aromatic nitrogens is 4. The van der Waals surface area contributed by atoms with E-state index in [1.54, 1.807) is 0 Å². The number of nitrogens with one attached hydrogen (secondary N) is 4. The highest BCUT2D eigenvalue weighted by molar-refractivity contribution is 5.93. The van der Waals surface area contributed by atoms with E-state index >= 15 is 0 Å². The predicted octanol–water partition coefficient (Wildman–Crippen LogP) is 8.19. The number of aromatic amines is 2. The van der Waals surface area contributed by atoms with Gasteiger partial charge in [-0.05, 0) is 95.2 Å². The van der Waals surface area contributed by atoms with Gasteiger partial charge in [-0.25, -0.2) is 19.6 Å². The summed E-state index contributed by atoms with van der Waals surface area (Å²) < 4.78 is 9.76. The lowest BCUT2D eigenvalue weighted by Crippen LogP contribution is -2.56. The SMILES string of the molecule is COC(=O)N[C@H](C(=O)N1CCC[C@H]1c1ncc(-c2ccc3cc(-c4ccc(-c5cnc([C@@H]6CCCN6C(=O)C6(NC(=O)OC)CCc7ccccc76)[nH]5)cc4)ccc3c2)[nH]1)C(C)C. The van der Waals surface area contributed by atoms with Crippen molar-refractivity contribution in [2.24, 2.45) is 5.92 Å². The van der Waals surface area contributed by atoms with Gasteiger partial charge in [-0.3, -0.25) is 9.59 Å². The highest BCUT2D eigenvalue weighted by Gasteiger charge is 2.51. The summed E-state index contributed by atoms with van der Waals surface area (Å²) in [5.41, 5.74) is 6.55. The summed E-state index contributed by atoms with van der Waals surface area (Å²) in [5, 5.41) is 7.83. The molecule has 63 heavy (non-hydrogen) atoms. The molecule has 4 N–H and O–H groups in total. The van der Waals surface area contributed by atoms with E-state index in [2.05, 4.69) is 81.3 Å². The molecule has 0 saturated carbocycles. The van der Waals surface area contributed by atoms with Crippen molar-refractivity contribution < 1.29 is 28.7 Å². The van der Waals surface area contributed by atoms with Gasteiger partial charge in [-0.1, -0.05) is 86.6 Å². The number of hydrogen-bond acceptors (Lipinski definition) is 8. The standard InChI is InChI=1S/C49H52N8O6/c1-29(2)42(54-47(60)62-3)45(58)56-23-7-11-40(56)43-51-28-39(53-43)36-20-19-34-25-33(17-18-35(34)26-36)30-13-15-32(16-14-30)38-27-50-44(52-38)41-12-8-24-57(41)46(59)49(55-48(61)63-4)22-21-31-9-5-6-10-37(31)49/h5-6,9-10,13-20,25-29,40-42H,7-8,11-12,21-24H2,1-4H3,(H,50,52)(H,51,53)(H,54,60)(H,55,61)/t40-,41-,42-,49?/m0/s1. The maximum atomic E-state index is 14.5. The summed E-state index contributed by atoms with van der Waals surface area (Å²) in [4.78, 5) is 72.9. The van der Waals surface area contributed by atoms with Crippen LogP contribution in [0.15, 0.2) is 97.3 Å². The maximum Gasteiger partial charge on any atom is 0.407 e. The second kappa shape index (κ2) is 17.1. The number of carbonyl (C=O) groups is 4. The summed E-state index contributed by atoms with van der Waals surface area (Å²) in [6.45, 7) is 4.97. The van der Waals surface area contributed by atoms with Crippen LogP contribution in [0.1, 0.15) is 80.8 Å². The molecular weight excluding hydrogens is 797 g/mol. The van der Waals surface area contributed by atoms with Gasteiger partial charge in [-0.2, -0.15) is 0 Å². The number of rotatable bonds is 10. The molecule has 14 nitrogen and oxygen atoms in total. The molecule has 2 aromatic heterocycles. The molecule has 4 heterocycles. The first kappa shape index (κ1) is 41.4. The van der Waals surface area contributed by atoms with Crippen LogP contribution in [0.25, 0.3) is 44.4 Å². The highest BCUT2D eigenvalue weighted by Crippen LogP contribution is 2.43. The van der Waals surface area contributed by atoms with E-state index < -0.39 is 23.8 Å². The van der Waals surface area contributed by atoms with Crippen LogP contribution in [-0.2, 0) is 31.0 Å². The molecule has 2 fully saturated rings. The van der Waals surface area contributed by atoms with Crippen molar-refractivity contribution in [2.75, 3.05) is 27.3 Å². The third kappa shape index (κ3) is 7.78. The smallest absolute Gasteiger partial charge is 0.407 e. The Morgan fingerprint density at radius 2 is 1.29 bits per heavy atom. The third-order valence-electron chi connectivity index (χ3n) is 13.1. The number of H-pyrrole nitrogens is 2. The fraction of sp³-hybridized carbons (Fsp3) is 0.347. The highest BCUT2D eigenvalue weighted by atomic mass is 16.5. The zero-order chi connectivity index (χ0) is 43.8. The van der Waals surface area contributed by atoms with Crippen LogP contribution in [0, 0.1) is 5.92 Å². The minimum Gasteiger partial charge on any atom is -0.453 e. The molecule has 324 valence electrons. The minimum atomic E-state index is -1.19. The quantitative estimate of drug-likeness (QED) is 0.107. The van der Waals surface area contributed by atoms with Gasteiger partial charge in [0, 0.05) is 18.7 Å². The fourth-order valence-electron chi connectivity index (χ4n) is 9.71. The molecule has 2 saturated heterocycles. The molecule has 0 spiro atoms. The molecule has 4 atom stereocenters. The van der Waals surface area contributed by atoms with Crippen molar-refractivity contribution in [3.63, 3.8) is 0 Å². The second-order valence-corrected chi connectivity index (χ2v) is 17.1. The number of alkyl carbamates (subject to hydrolysis) is 2. The first-order valence-corrected chi connectivity index (χ1v) is 21.7. The number of carbonyl (C=O) groups excluding carboxylic acids is 4. The lowest BCUT2D eigenvalue weighted by Gasteiger charge is -2.36. The molecule has 3 aliphatic rings. The largest absolute Gasteiger partial charge is 0.453 e. The zero-order valence-electron chi connectivity index (χ0n) is 35.9. The van der Waals surface area contributed by atoms with Crippen molar-refractivity contribution in [3.8, 4) is 33.6 Å². The van der Waals surface area contributed by atoms with Crippen LogP contribution in [0.4, 0.5) is 9.59 Å². The number of likely N-dealkylation sites (tertiary alicyclic amines) is 2. The molecule has 4 aromatic carbocycles. The molecule has 0 bridgehead atoms. The van der Waals surface area contributed by atoms with E-state index in [1.807, 2.05) is 60.3 Å². The molecular formula is C49H52N8O6. The average Bonchev–Trinajstić information content (AvgIpc) is 4.17. The van der Waals surface area contributed by atoms with Crippen molar-refractivity contribution in [1.82, 2.24) is 40.4 Å². The van der Waals surface area contributed by atoms with Gasteiger partial charge in [0.05, 0.1) is 50.1 Å². The lowest BCUT2D eigenvalue weighted by atomic mass is 9.89. The Morgan fingerprint density at radius 1 is 0.714 bits per heavy atom. The Bertz CT molecular complexity index is 2690. The summed E-state index contributed by atoms with van der Waals surface area (Å²) in [7, 11) is 2.61. The number of amides is 4. The molecule has 14 heteroatoms. The van der Waals surface area contributed by atoms with Crippen LogP contribution in [0.2, 0.25) is 0 Å². The Labute approximate surface area is 365 Å². The van der Waals surface area contributed by atoms with E-state index in [4.69, 9.17) is 19.4 Å². The minimum absolute atomic E-state index is 0.108. The van der Waals surface area contributed by atoms with Crippen LogP contribution in [-0.4, -0.2) is 87.1 Å². The Balaban J connectivity index is 0.882. The summed E-state index contributed by atoms with van der Waals surface area (Å²) in [5.74, 6) is 1.06. The molecule has 1 aliphatic carbocycles. The Hall–Kier alpha value is -6.96. The van der Waals surface area contributed by atoms with Crippen molar-refractivity contribution in [2.45, 2.75) is 76.0 Å². The Morgan fingerprint density at radius 3 is 1.95 bits per heavy atom. The van der Waals surface area contributed by atoms with Gasteiger partial charge in [-0.15, -0.1) is 0 Å². The first-order chi connectivity index (χ1) is 30.6. The number of benzene rings is 4. The van der Waals surface area contributed by atoms with Crippen LogP contribution >= 0.6 is 0 Å². The van der Waals surface area contributed by atoms with Crippen molar-refractivity contribution >= 4 is 34.8 Å². The van der Waals surface area contributed by atoms with Crippen molar-refractivity contribution in [1.29, 1.82) is 0 Å². The van der Waals surface area contributed by atoms with Gasteiger partial charge in [0.15, 0.2) is 0 Å². The summed E-state index contributed by atoms with van der Waals surface area (Å²) in [6.07, 6.45) is 6.77. The Kier molecular flexibility index (Phi) is 11.2. The molecule has 4 amide bonds. The number of ether oxygens (including phenoxy) is 2.